The molecule has 0 amide bonds. The fraction of sp³-hybridized carbons (Fsp3) is 0.778. The van der Waals surface area contributed by atoms with Gasteiger partial charge in [-0.05, 0) is 18.8 Å². The zero-order chi connectivity index (χ0) is 9.26. The SMILES string of the molecule is Cn1cc(CC(N)C2CCC2)nn1. The van der Waals surface area contributed by atoms with Gasteiger partial charge in [0.25, 0.3) is 0 Å². The molecule has 0 saturated heterocycles. The maximum Gasteiger partial charge on any atom is 0.0842 e. The average molecular weight is 180 g/mol. The van der Waals surface area contributed by atoms with Gasteiger partial charge in [-0.3, -0.25) is 4.68 Å². The van der Waals surface area contributed by atoms with Crippen molar-refractivity contribution < 1.29 is 0 Å². The van der Waals surface area contributed by atoms with Crippen LogP contribution in [0.1, 0.15) is 25.0 Å². The van der Waals surface area contributed by atoms with E-state index in [-0.39, 0.29) is 6.04 Å². The van der Waals surface area contributed by atoms with E-state index in [0.29, 0.717) is 0 Å². The second-order valence-corrected chi connectivity index (χ2v) is 3.94. The summed E-state index contributed by atoms with van der Waals surface area (Å²) in [5.41, 5.74) is 7.06. The van der Waals surface area contributed by atoms with Crippen LogP contribution in [0.3, 0.4) is 0 Å². The molecule has 1 saturated carbocycles. The largest absolute Gasteiger partial charge is 0.327 e. The number of hydrogen-bond donors (Lipinski definition) is 1. The van der Waals surface area contributed by atoms with Crippen molar-refractivity contribution in [3.63, 3.8) is 0 Å². The third-order valence-electron chi connectivity index (χ3n) is 2.85. The molecule has 1 aliphatic rings. The van der Waals surface area contributed by atoms with Gasteiger partial charge in [0, 0.05) is 25.7 Å². The Morgan fingerprint density at radius 1 is 1.69 bits per heavy atom. The van der Waals surface area contributed by atoms with Crippen LogP contribution in [0.2, 0.25) is 0 Å². The Hall–Kier alpha value is -0.900. The van der Waals surface area contributed by atoms with E-state index in [1.807, 2.05) is 13.2 Å². The molecule has 4 heteroatoms. The first kappa shape index (κ1) is 8.69. The van der Waals surface area contributed by atoms with E-state index < -0.39 is 0 Å². The minimum Gasteiger partial charge on any atom is -0.327 e. The van der Waals surface area contributed by atoms with Gasteiger partial charge in [0.1, 0.15) is 0 Å². The third-order valence-corrected chi connectivity index (χ3v) is 2.85. The number of nitrogens with zero attached hydrogens (tertiary/aromatic N) is 3. The fourth-order valence-electron chi connectivity index (χ4n) is 1.76. The molecular weight excluding hydrogens is 164 g/mol. The molecule has 0 aliphatic heterocycles. The van der Waals surface area contributed by atoms with Gasteiger partial charge >= 0.3 is 0 Å². The molecule has 1 aromatic rings. The van der Waals surface area contributed by atoms with Gasteiger partial charge in [0.05, 0.1) is 5.69 Å². The van der Waals surface area contributed by atoms with Gasteiger partial charge < -0.3 is 5.73 Å². The van der Waals surface area contributed by atoms with E-state index in [0.717, 1.165) is 18.0 Å². The van der Waals surface area contributed by atoms with Gasteiger partial charge in [-0.1, -0.05) is 11.6 Å². The molecule has 0 spiro atoms. The summed E-state index contributed by atoms with van der Waals surface area (Å²) in [4.78, 5) is 0. The van der Waals surface area contributed by atoms with Crippen molar-refractivity contribution in [3.8, 4) is 0 Å². The van der Waals surface area contributed by atoms with Crippen molar-refractivity contribution in [3.05, 3.63) is 11.9 Å². The molecule has 1 atom stereocenters. The quantitative estimate of drug-likeness (QED) is 0.736. The van der Waals surface area contributed by atoms with E-state index in [9.17, 15) is 0 Å². The Bertz CT molecular complexity index is 277. The summed E-state index contributed by atoms with van der Waals surface area (Å²) < 4.78 is 1.73. The molecule has 13 heavy (non-hydrogen) atoms. The third kappa shape index (κ3) is 1.88. The second-order valence-electron chi connectivity index (χ2n) is 3.94. The van der Waals surface area contributed by atoms with Crippen LogP contribution in [-0.4, -0.2) is 21.0 Å². The maximum absolute atomic E-state index is 6.04. The number of aryl methyl sites for hydroxylation is 1. The average Bonchev–Trinajstić information content (AvgIpc) is 2.31. The van der Waals surface area contributed by atoms with Crippen LogP contribution in [0, 0.1) is 5.92 Å². The molecule has 1 aromatic heterocycles. The lowest BCUT2D eigenvalue weighted by molar-refractivity contribution is 0.259. The Morgan fingerprint density at radius 2 is 2.46 bits per heavy atom. The van der Waals surface area contributed by atoms with Crippen LogP contribution in [-0.2, 0) is 13.5 Å². The lowest BCUT2D eigenvalue weighted by Crippen LogP contribution is -2.36. The summed E-state index contributed by atoms with van der Waals surface area (Å²) >= 11 is 0. The summed E-state index contributed by atoms with van der Waals surface area (Å²) in [6.45, 7) is 0. The molecule has 2 rings (SSSR count). The predicted molar refractivity (Wildman–Crippen MR) is 50.0 cm³/mol. The zero-order valence-corrected chi connectivity index (χ0v) is 7.98. The fourth-order valence-corrected chi connectivity index (χ4v) is 1.76. The van der Waals surface area contributed by atoms with Gasteiger partial charge in [0.2, 0.25) is 0 Å². The lowest BCUT2D eigenvalue weighted by Gasteiger charge is -2.30. The van der Waals surface area contributed by atoms with Crippen molar-refractivity contribution in [2.45, 2.75) is 31.7 Å². The van der Waals surface area contributed by atoms with E-state index in [2.05, 4.69) is 10.3 Å². The number of aromatic nitrogens is 3. The smallest absolute Gasteiger partial charge is 0.0842 e. The topological polar surface area (TPSA) is 56.7 Å². The van der Waals surface area contributed by atoms with Crippen molar-refractivity contribution in [1.82, 2.24) is 15.0 Å². The molecule has 1 fully saturated rings. The first-order valence-electron chi connectivity index (χ1n) is 4.86. The number of nitrogens with two attached hydrogens (primary N) is 1. The molecule has 4 nitrogen and oxygen atoms in total. The monoisotopic (exact) mass is 180 g/mol. The normalized spacial score (nSPS) is 19.8. The Balaban J connectivity index is 1.89. The Labute approximate surface area is 78.1 Å². The maximum atomic E-state index is 6.04. The predicted octanol–water partition coefficient (Wildman–Crippen LogP) is 0.485. The van der Waals surface area contributed by atoms with Crippen LogP contribution < -0.4 is 5.73 Å². The first-order chi connectivity index (χ1) is 6.25. The van der Waals surface area contributed by atoms with E-state index in [1.165, 1.54) is 19.3 Å². The van der Waals surface area contributed by atoms with Crippen LogP contribution >= 0.6 is 0 Å². The highest BCUT2D eigenvalue weighted by atomic mass is 15.4. The molecule has 1 heterocycles. The van der Waals surface area contributed by atoms with E-state index in [1.54, 1.807) is 4.68 Å². The number of hydrogen-bond acceptors (Lipinski definition) is 3. The van der Waals surface area contributed by atoms with Gasteiger partial charge in [-0.2, -0.15) is 0 Å². The van der Waals surface area contributed by atoms with Crippen LogP contribution in [0.15, 0.2) is 6.20 Å². The highest BCUT2D eigenvalue weighted by Crippen LogP contribution is 2.29. The van der Waals surface area contributed by atoms with Crippen molar-refractivity contribution >= 4 is 0 Å². The molecule has 2 N–H and O–H groups in total. The summed E-state index contributed by atoms with van der Waals surface area (Å²) in [5.74, 6) is 0.724. The molecular formula is C9H16N4. The van der Waals surface area contributed by atoms with E-state index >= 15 is 0 Å². The standard InChI is InChI=1S/C9H16N4/c1-13-6-8(11-12-13)5-9(10)7-3-2-4-7/h6-7,9H,2-5,10H2,1H3. The second kappa shape index (κ2) is 3.46. The van der Waals surface area contributed by atoms with Gasteiger partial charge in [-0.25, -0.2) is 0 Å². The lowest BCUT2D eigenvalue weighted by atomic mass is 9.79. The Kier molecular flexibility index (Phi) is 2.31. The molecule has 0 radical (unpaired) electrons. The summed E-state index contributed by atoms with van der Waals surface area (Å²) in [6.07, 6.45) is 6.75. The Morgan fingerprint density at radius 3 is 2.92 bits per heavy atom. The van der Waals surface area contributed by atoms with Crippen molar-refractivity contribution in [1.29, 1.82) is 0 Å². The van der Waals surface area contributed by atoms with Crippen LogP contribution in [0.5, 0.6) is 0 Å². The summed E-state index contributed by atoms with van der Waals surface area (Å²) in [5, 5.41) is 7.91. The zero-order valence-electron chi connectivity index (χ0n) is 7.98. The molecule has 0 bridgehead atoms. The molecule has 72 valence electrons. The van der Waals surface area contributed by atoms with Gasteiger partial charge in [0.15, 0.2) is 0 Å². The molecule has 1 unspecified atom stereocenters. The van der Waals surface area contributed by atoms with Crippen molar-refractivity contribution in [2.75, 3.05) is 0 Å². The van der Waals surface area contributed by atoms with Crippen LogP contribution in [0.25, 0.3) is 0 Å². The first-order valence-corrected chi connectivity index (χ1v) is 4.86. The summed E-state index contributed by atoms with van der Waals surface area (Å²) in [6, 6.07) is 0.283. The van der Waals surface area contributed by atoms with Crippen LogP contribution in [0.4, 0.5) is 0 Å². The van der Waals surface area contributed by atoms with E-state index in [4.69, 9.17) is 5.73 Å². The molecule has 1 aliphatic carbocycles. The minimum absolute atomic E-state index is 0.283. The molecule has 0 aromatic carbocycles. The van der Waals surface area contributed by atoms with Crippen molar-refractivity contribution in [2.24, 2.45) is 18.7 Å². The van der Waals surface area contributed by atoms with Gasteiger partial charge in [-0.15, -0.1) is 5.10 Å². The number of rotatable bonds is 3. The highest BCUT2D eigenvalue weighted by Gasteiger charge is 2.24. The highest BCUT2D eigenvalue weighted by molar-refractivity contribution is 4.97. The summed E-state index contributed by atoms with van der Waals surface area (Å²) in [7, 11) is 1.88. The minimum atomic E-state index is 0.283.